The second-order valence-corrected chi connectivity index (χ2v) is 9.81. The molecule has 0 fully saturated rings. The van der Waals surface area contributed by atoms with E-state index in [4.69, 9.17) is 15.0 Å². The maximum Gasteiger partial charge on any atom is 0.0972 e. The molecular formula is C35H21N5. The molecule has 40 heavy (non-hydrogen) atoms. The Hall–Kier alpha value is -5.55. The number of fused-ring (bicyclic) bond motifs is 6. The first-order valence-corrected chi connectivity index (χ1v) is 13.2. The highest BCUT2D eigenvalue weighted by molar-refractivity contribution is 6.04. The number of nitrogens with zero attached hydrogens (tertiary/aromatic N) is 5. The van der Waals surface area contributed by atoms with Crippen LogP contribution in [0.5, 0.6) is 0 Å². The molecular weight excluding hydrogens is 490 g/mol. The van der Waals surface area contributed by atoms with E-state index >= 15 is 0 Å². The summed E-state index contributed by atoms with van der Waals surface area (Å²) in [4.78, 5) is 24.5. The molecule has 0 aliphatic heterocycles. The average Bonchev–Trinajstić information content (AvgIpc) is 3.04. The summed E-state index contributed by atoms with van der Waals surface area (Å²) in [7, 11) is 0. The van der Waals surface area contributed by atoms with Gasteiger partial charge in [0.05, 0.1) is 44.8 Å². The highest BCUT2D eigenvalue weighted by Gasteiger charge is 2.14. The average molecular weight is 512 g/mol. The Morgan fingerprint density at radius 3 is 1.32 bits per heavy atom. The third-order valence-corrected chi connectivity index (χ3v) is 7.32. The third-order valence-electron chi connectivity index (χ3n) is 7.32. The van der Waals surface area contributed by atoms with Crippen molar-refractivity contribution in [3.63, 3.8) is 0 Å². The molecule has 3 aromatic carbocycles. The van der Waals surface area contributed by atoms with Crippen molar-refractivity contribution in [1.82, 2.24) is 24.9 Å². The van der Waals surface area contributed by atoms with Gasteiger partial charge in [-0.3, -0.25) is 9.97 Å². The molecule has 186 valence electrons. The van der Waals surface area contributed by atoms with Crippen molar-refractivity contribution in [2.75, 3.05) is 0 Å². The Labute approximate surface area is 229 Å². The maximum atomic E-state index is 5.11. The number of rotatable bonds is 3. The van der Waals surface area contributed by atoms with Crippen LogP contribution >= 0.6 is 0 Å². The minimum Gasteiger partial charge on any atom is -0.254 e. The lowest BCUT2D eigenvalue weighted by Crippen LogP contribution is -1.96. The van der Waals surface area contributed by atoms with E-state index in [9.17, 15) is 0 Å². The van der Waals surface area contributed by atoms with Gasteiger partial charge in [-0.15, -0.1) is 0 Å². The molecule has 5 aromatic heterocycles. The van der Waals surface area contributed by atoms with Crippen LogP contribution in [0, 0.1) is 0 Å². The van der Waals surface area contributed by atoms with Crippen molar-refractivity contribution in [3.8, 4) is 33.9 Å². The molecule has 0 radical (unpaired) electrons. The Morgan fingerprint density at radius 2 is 0.800 bits per heavy atom. The first-order chi connectivity index (χ1) is 19.8. The summed E-state index contributed by atoms with van der Waals surface area (Å²) in [5.74, 6) is 0. The van der Waals surface area contributed by atoms with Crippen molar-refractivity contribution >= 4 is 43.6 Å². The van der Waals surface area contributed by atoms with E-state index in [0.29, 0.717) is 0 Å². The molecule has 8 aromatic rings. The number of benzene rings is 3. The number of pyridine rings is 5. The summed E-state index contributed by atoms with van der Waals surface area (Å²) in [6.45, 7) is 0. The molecule has 0 aliphatic carbocycles. The summed E-state index contributed by atoms with van der Waals surface area (Å²) >= 11 is 0. The van der Waals surface area contributed by atoms with Gasteiger partial charge in [0.1, 0.15) is 0 Å². The van der Waals surface area contributed by atoms with Crippen molar-refractivity contribution in [1.29, 1.82) is 0 Å². The molecule has 0 saturated carbocycles. The fourth-order valence-electron chi connectivity index (χ4n) is 5.32. The van der Waals surface area contributed by atoms with Gasteiger partial charge in [0.25, 0.3) is 0 Å². The molecule has 0 bridgehead atoms. The van der Waals surface area contributed by atoms with E-state index in [2.05, 4.69) is 82.8 Å². The molecule has 5 heterocycles. The van der Waals surface area contributed by atoms with Gasteiger partial charge < -0.3 is 0 Å². The van der Waals surface area contributed by atoms with Gasteiger partial charge in [0.2, 0.25) is 0 Å². The number of hydrogen-bond acceptors (Lipinski definition) is 5. The lowest BCUT2D eigenvalue weighted by Gasteiger charge is -2.11. The van der Waals surface area contributed by atoms with Crippen LogP contribution < -0.4 is 0 Å². The molecule has 5 nitrogen and oxygen atoms in total. The molecule has 0 unspecified atom stereocenters. The summed E-state index contributed by atoms with van der Waals surface area (Å²) in [5, 5.41) is 4.22. The summed E-state index contributed by atoms with van der Waals surface area (Å²) in [6, 6.07) is 39.2. The molecule has 8 rings (SSSR count). The monoisotopic (exact) mass is 511 g/mol. The Bertz CT molecular complexity index is 2090. The predicted molar refractivity (Wildman–Crippen MR) is 162 cm³/mol. The normalized spacial score (nSPS) is 11.5. The Kier molecular flexibility index (Phi) is 5.07. The predicted octanol–water partition coefficient (Wildman–Crippen LogP) is 8.28. The van der Waals surface area contributed by atoms with Gasteiger partial charge in [-0.05, 0) is 47.5 Å². The maximum absolute atomic E-state index is 5.11. The van der Waals surface area contributed by atoms with Crippen molar-refractivity contribution in [3.05, 3.63) is 128 Å². The Balaban J connectivity index is 1.36. The summed E-state index contributed by atoms with van der Waals surface area (Å²) < 4.78 is 0. The van der Waals surface area contributed by atoms with Crippen molar-refractivity contribution < 1.29 is 0 Å². The zero-order chi connectivity index (χ0) is 26.5. The summed E-state index contributed by atoms with van der Waals surface area (Å²) in [6.07, 6.45) is 3.62. The second kappa shape index (κ2) is 9.03. The van der Waals surface area contributed by atoms with Crippen LogP contribution in [0.4, 0.5) is 0 Å². The first-order valence-electron chi connectivity index (χ1n) is 13.2. The van der Waals surface area contributed by atoms with Crippen LogP contribution in [0.15, 0.2) is 128 Å². The van der Waals surface area contributed by atoms with Crippen LogP contribution in [0.3, 0.4) is 0 Å². The van der Waals surface area contributed by atoms with Crippen LogP contribution in [0.1, 0.15) is 0 Å². The van der Waals surface area contributed by atoms with E-state index in [1.54, 1.807) is 0 Å². The van der Waals surface area contributed by atoms with E-state index in [1.807, 2.05) is 54.9 Å². The fraction of sp³-hybridized carbons (Fsp3) is 0. The lowest BCUT2D eigenvalue weighted by atomic mass is 10.0. The van der Waals surface area contributed by atoms with Gasteiger partial charge >= 0.3 is 0 Å². The standard InChI is InChI=1S/C35H21N5/c1-2-6-22(7-3-1)27-20-30(28-16-14-25-12-10-23-8-4-18-36-32(23)34(25)39-28)38-31(21-27)29-17-15-26-13-11-24-9-5-19-37-33(24)35(26)40-29/h1-21H. The highest BCUT2D eigenvalue weighted by Crippen LogP contribution is 2.32. The van der Waals surface area contributed by atoms with Crippen LogP contribution in [-0.4, -0.2) is 24.9 Å². The Morgan fingerprint density at radius 1 is 0.325 bits per heavy atom. The van der Waals surface area contributed by atoms with Gasteiger partial charge in [0, 0.05) is 33.9 Å². The SMILES string of the molecule is c1ccc(-c2cc(-c3ccc4ccc5cccnc5c4n3)nc(-c3ccc4ccc5cccnc5c4n3)c2)cc1. The zero-order valence-electron chi connectivity index (χ0n) is 21.4. The van der Waals surface area contributed by atoms with E-state index in [0.717, 1.165) is 77.5 Å². The molecule has 0 amide bonds. The molecule has 0 saturated heterocycles. The van der Waals surface area contributed by atoms with Gasteiger partial charge in [-0.1, -0.05) is 78.9 Å². The van der Waals surface area contributed by atoms with Gasteiger partial charge in [-0.2, -0.15) is 0 Å². The summed E-state index contributed by atoms with van der Waals surface area (Å²) in [5.41, 5.74) is 8.80. The quantitative estimate of drug-likeness (QED) is 0.223. The molecule has 0 atom stereocenters. The topological polar surface area (TPSA) is 64.5 Å². The minimum absolute atomic E-state index is 0.782. The molecule has 0 N–H and O–H groups in total. The number of hydrogen-bond donors (Lipinski definition) is 0. The zero-order valence-corrected chi connectivity index (χ0v) is 21.4. The van der Waals surface area contributed by atoms with Gasteiger partial charge in [-0.25, -0.2) is 15.0 Å². The van der Waals surface area contributed by atoms with Crippen molar-refractivity contribution in [2.45, 2.75) is 0 Å². The largest absolute Gasteiger partial charge is 0.254 e. The van der Waals surface area contributed by atoms with E-state index < -0.39 is 0 Å². The highest BCUT2D eigenvalue weighted by atomic mass is 14.8. The second-order valence-electron chi connectivity index (χ2n) is 9.81. The van der Waals surface area contributed by atoms with E-state index in [1.165, 1.54) is 0 Å². The fourth-order valence-corrected chi connectivity index (χ4v) is 5.32. The number of aromatic nitrogens is 5. The van der Waals surface area contributed by atoms with Crippen LogP contribution in [-0.2, 0) is 0 Å². The third kappa shape index (κ3) is 3.76. The van der Waals surface area contributed by atoms with Crippen molar-refractivity contribution in [2.24, 2.45) is 0 Å². The smallest absolute Gasteiger partial charge is 0.0972 e. The molecule has 0 spiro atoms. The lowest BCUT2D eigenvalue weighted by molar-refractivity contribution is 1.25. The van der Waals surface area contributed by atoms with Crippen LogP contribution in [0.2, 0.25) is 0 Å². The van der Waals surface area contributed by atoms with Gasteiger partial charge in [0.15, 0.2) is 0 Å². The van der Waals surface area contributed by atoms with Crippen LogP contribution in [0.25, 0.3) is 77.5 Å². The molecule has 5 heteroatoms. The molecule has 0 aliphatic rings. The first kappa shape index (κ1) is 22.4. The van der Waals surface area contributed by atoms with E-state index in [-0.39, 0.29) is 0 Å². The minimum atomic E-state index is 0.782.